The molecule has 3 heterocycles. The monoisotopic (exact) mass is 347 g/mol. The van der Waals surface area contributed by atoms with Gasteiger partial charge in [-0.2, -0.15) is 0 Å². The third kappa shape index (κ3) is 3.36. The number of anilines is 1. The van der Waals surface area contributed by atoms with Crippen molar-refractivity contribution in [1.29, 1.82) is 0 Å². The molecule has 132 valence electrons. The van der Waals surface area contributed by atoms with E-state index in [9.17, 15) is 4.79 Å². The first kappa shape index (κ1) is 16.5. The number of nitrogens with zero attached hydrogens (tertiary/aromatic N) is 4. The van der Waals surface area contributed by atoms with Gasteiger partial charge in [0, 0.05) is 50.5 Å². The molecule has 0 atom stereocenters. The summed E-state index contributed by atoms with van der Waals surface area (Å²) < 4.78 is 0. The van der Waals surface area contributed by atoms with Crippen molar-refractivity contribution in [3.05, 3.63) is 66.0 Å². The molecular formula is C20H21N5O. The highest BCUT2D eigenvalue weighted by molar-refractivity contribution is 5.92. The summed E-state index contributed by atoms with van der Waals surface area (Å²) in [5.41, 5.74) is 8.07. The Morgan fingerprint density at radius 1 is 1.00 bits per heavy atom. The van der Waals surface area contributed by atoms with E-state index < -0.39 is 5.91 Å². The molecule has 6 heteroatoms. The molecule has 0 spiro atoms. The summed E-state index contributed by atoms with van der Waals surface area (Å²) in [7, 11) is 0. The van der Waals surface area contributed by atoms with E-state index in [1.54, 1.807) is 12.3 Å². The number of benzene rings is 1. The minimum absolute atomic E-state index is 0.442. The number of aromatic nitrogens is 2. The van der Waals surface area contributed by atoms with E-state index in [4.69, 9.17) is 5.73 Å². The number of pyridine rings is 2. The van der Waals surface area contributed by atoms with Crippen molar-refractivity contribution in [3.8, 4) is 0 Å². The SMILES string of the molecule is NC(=O)c1ccc(N2CCN(Cc3cccc4ncccc34)CC2)nc1. The zero-order chi connectivity index (χ0) is 17.9. The van der Waals surface area contributed by atoms with Crippen LogP contribution in [0.5, 0.6) is 0 Å². The summed E-state index contributed by atoms with van der Waals surface area (Å²) in [6.45, 7) is 4.68. The highest BCUT2D eigenvalue weighted by Gasteiger charge is 2.19. The maximum atomic E-state index is 11.2. The molecule has 1 aliphatic heterocycles. The Balaban J connectivity index is 1.41. The van der Waals surface area contributed by atoms with Gasteiger partial charge in [-0.3, -0.25) is 14.7 Å². The Morgan fingerprint density at radius 3 is 2.58 bits per heavy atom. The van der Waals surface area contributed by atoms with Gasteiger partial charge in [-0.1, -0.05) is 18.2 Å². The van der Waals surface area contributed by atoms with Crippen molar-refractivity contribution in [2.24, 2.45) is 5.73 Å². The Bertz CT molecular complexity index is 912. The predicted octanol–water partition coefficient (Wildman–Crippen LogP) is 2.05. The van der Waals surface area contributed by atoms with Crippen LogP contribution in [-0.4, -0.2) is 47.0 Å². The van der Waals surface area contributed by atoms with Crippen LogP contribution in [0, 0.1) is 0 Å². The summed E-state index contributed by atoms with van der Waals surface area (Å²) in [5, 5.41) is 1.22. The number of carbonyl (C=O) groups excluding carboxylic acids is 1. The van der Waals surface area contributed by atoms with Crippen molar-refractivity contribution in [3.63, 3.8) is 0 Å². The summed E-state index contributed by atoms with van der Waals surface area (Å²) in [6.07, 6.45) is 3.38. The van der Waals surface area contributed by atoms with Gasteiger partial charge in [0.05, 0.1) is 11.1 Å². The average Bonchev–Trinajstić information content (AvgIpc) is 2.69. The maximum absolute atomic E-state index is 11.2. The van der Waals surface area contributed by atoms with E-state index in [1.165, 1.54) is 10.9 Å². The van der Waals surface area contributed by atoms with Gasteiger partial charge in [-0.15, -0.1) is 0 Å². The van der Waals surface area contributed by atoms with E-state index in [0.717, 1.165) is 44.1 Å². The lowest BCUT2D eigenvalue weighted by Crippen LogP contribution is -2.46. The molecule has 3 aromatic rings. The smallest absolute Gasteiger partial charge is 0.250 e. The van der Waals surface area contributed by atoms with Gasteiger partial charge in [0.2, 0.25) is 5.91 Å². The van der Waals surface area contributed by atoms with Gasteiger partial charge in [-0.25, -0.2) is 4.98 Å². The van der Waals surface area contributed by atoms with Crippen LogP contribution in [0.15, 0.2) is 54.9 Å². The van der Waals surface area contributed by atoms with Gasteiger partial charge in [-0.05, 0) is 29.8 Å². The van der Waals surface area contributed by atoms with Gasteiger partial charge < -0.3 is 10.6 Å². The third-order valence-electron chi connectivity index (χ3n) is 4.86. The summed E-state index contributed by atoms with van der Waals surface area (Å²) in [5.74, 6) is 0.447. The van der Waals surface area contributed by atoms with Crippen LogP contribution in [-0.2, 0) is 6.54 Å². The fourth-order valence-corrected chi connectivity index (χ4v) is 3.40. The molecule has 0 aliphatic carbocycles. The third-order valence-corrected chi connectivity index (χ3v) is 4.86. The second-order valence-electron chi connectivity index (χ2n) is 6.52. The lowest BCUT2D eigenvalue weighted by atomic mass is 10.1. The first-order valence-electron chi connectivity index (χ1n) is 8.76. The lowest BCUT2D eigenvalue weighted by Gasteiger charge is -2.35. The number of nitrogens with two attached hydrogens (primary N) is 1. The minimum atomic E-state index is -0.446. The molecule has 1 aromatic carbocycles. The van der Waals surface area contributed by atoms with Gasteiger partial charge in [0.15, 0.2) is 0 Å². The van der Waals surface area contributed by atoms with Crippen LogP contribution in [0.2, 0.25) is 0 Å². The zero-order valence-corrected chi connectivity index (χ0v) is 14.5. The van der Waals surface area contributed by atoms with Gasteiger partial charge in [0.1, 0.15) is 5.82 Å². The molecule has 2 aromatic heterocycles. The summed E-state index contributed by atoms with van der Waals surface area (Å²) in [4.78, 5) is 24.7. The number of carbonyl (C=O) groups is 1. The van der Waals surface area contributed by atoms with Gasteiger partial charge >= 0.3 is 0 Å². The normalized spacial score (nSPS) is 15.3. The summed E-state index contributed by atoms with van der Waals surface area (Å²) >= 11 is 0. The highest BCUT2D eigenvalue weighted by atomic mass is 16.1. The van der Waals surface area contributed by atoms with Crippen molar-refractivity contribution in [1.82, 2.24) is 14.9 Å². The Hall–Kier alpha value is -2.99. The van der Waals surface area contributed by atoms with E-state index in [-0.39, 0.29) is 0 Å². The van der Waals surface area contributed by atoms with E-state index in [0.29, 0.717) is 5.56 Å². The molecular weight excluding hydrogens is 326 g/mol. The molecule has 0 unspecified atom stereocenters. The van der Waals surface area contributed by atoms with E-state index >= 15 is 0 Å². The lowest BCUT2D eigenvalue weighted by molar-refractivity contribution is 0.1000. The van der Waals surface area contributed by atoms with Crippen molar-refractivity contribution in [2.45, 2.75) is 6.54 Å². The standard InChI is InChI=1S/C20H21N5O/c21-20(26)15-6-7-19(23-13-15)25-11-9-24(10-12-25)14-16-3-1-5-18-17(16)4-2-8-22-18/h1-8,13H,9-12,14H2,(H2,21,26). The Morgan fingerprint density at radius 2 is 1.85 bits per heavy atom. The van der Waals surface area contributed by atoms with Crippen molar-refractivity contribution >= 4 is 22.6 Å². The second kappa shape index (κ2) is 7.09. The number of hydrogen-bond donors (Lipinski definition) is 1. The number of hydrogen-bond acceptors (Lipinski definition) is 5. The zero-order valence-electron chi connectivity index (χ0n) is 14.5. The molecule has 1 amide bonds. The number of piperazine rings is 1. The molecule has 6 nitrogen and oxygen atoms in total. The molecule has 0 saturated carbocycles. The number of fused-ring (bicyclic) bond motifs is 1. The average molecular weight is 347 g/mol. The molecule has 26 heavy (non-hydrogen) atoms. The minimum Gasteiger partial charge on any atom is -0.366 e. The van der Waals surface area contributed by atoms with Gasteiger partial charge in [0.25, 0.3) is 0 Å². The molecule has 1 saturated heterocycles. The second-order valence-corrected chi connectivity index (χ2v) is 6.52. The topological polar surface area (TPSA) is 75.4 Å². The Kier molecular flexibility index (Phi) is 4.50. The Labute approximate surface area is 152 Å². The number of amides is 1. The fraction of sp³-hybridized carbons (Fsp3) is 0.250. The van der Waals surface area contributed by atoms with Crippen LogP contribution < -0.4 is 10.6 Å². The van der Waals surface area contributed by atoms with Crippen LogP contribution >= 0.6 is 0 Å². The quantitative estimate of drug-likeness (QED) is 0.782. The first-order valence-corrected chi connectivity index (χ1v) is 8.76. The first-order chi connectivity index (χ1) is 12.7. The largest absolute Gasteiger partial charge is 0.366 e. The maximum Gasteiger partial charge on any atom is 0.250 e. The summed E-state index contributed by atoms with van der Waals surface area (Å²) in [6, 6.07) is 14.0. The van der Waals surface area contributed by atoms with Crippen LogP contribution in [0.4, 0.5) is 5.82 Å². The molecule has 0 radical (unpaired) electrons. The van der Waals surface area contributed by atoms with Crippen molar-refractivity contribution in [2.75, 3.05) is 31.1 Å². The number of primary amides is 1. The van der Waals surface area contributed by atoms with Crippen LogP contribution in [0.3, 0.4) is 0 Å². The van der Waals surface area contributed by atoms with E-state index in [2.05, 4.69) is 44.0 Å². The van der Waals surface area contributed by atoms with Crippen molar-refractivity contribution < 1.29 is 4.79 Å². The molecule has 0 bridgehead atoms. The van der Waals surface area contributed by atoms with Crippen LogP contribution in [0.25, 0.3) is 10.9 Å². The molecule has 4 rings (SSSR count). The molecule has 1 aliphatic rings. The van der Waals surface area contributed by atoms with E-state index in [1.807, 2.05) is 18.3 Å². The number of rotatable bonds is 4. The highest BCUT2D eigenvalue weighted by Crippen LogP contribution is 2.20. The fourth-order valence-electron chi connectivity index (χ4n) is 3.40. The van der Waals surface area contributed by atoms with Crippen LogP contribution in [0.1, 0.15) is 15.9 Å². The molecule has 1 fully saturated rings. The predicted molar refractivity (Wildman–Crippen MR) is 102 cm³/mol. The molecule has 2 N–H and O–H groups in total.